The number of carbonyl (C=O) groups excluding carboxylic acids is 3. The van der Waals surface area contributed by atoms with Gasteiger partial charge in [0.05, 0.1) is 5.70 Å². The first-order valence-corrected chi connectivity index (χ1v) is 11.9. The second-order valence-electron chi connectivity index (χ2n) is 9.52. The number of carbonyl (C=O) groups is 3. The molecule has 1 N–H and O–H groups in total. The molecule has 1 heterocycles. The summed E-state index contributed by atoms with van der Waals surface area (Å²) in [7, 11) is 0. The van der Waals surface area contributed by atoms with Gasteiger partial charge in [0.15, 0.2) is 5.78 Å². The van der Waals surface area contributed by atoms with Crippen molar-refractivity contribution in [3.8, 4) is 0 Å². The normalized spacial score (nSPS) is 16.7. The fourth-order valence-corrected chi connectivity index (χ4v) is 4.09. The van der Waals surface area contributed by atoms with Crippen LogP contribution in [0, 0.1) is 0 Å². The molecule has 0 saturated heterocycles. The number of ketones is 1. The molecule has 1 aliphatic heterocycles. The Bertz CT molecular complexity index is 1030. The van der Waals surface area contributed by atoms with Crippen LogP contribution >= 0.6 is 0 Å². The zero-order valence-electron chi connectivity index (χ0n) is 20.4. The van der Waals surface area contributed by atoms with Crippen molar-refractivity contribution in [1.29, 1.82) is 0 Å². The number of hydrogen-bond acceptors (Lipinski definition) is 4. The molecule has 2 amide bonds. The largest absolute Gasteiger partial charge is 0.443 e. The van der Waals surface area contributed by atoms with Crippen LogP contribution in [-0.2, 0) is 14.3 Å². The lowest BCUT2D eigenvalue weighted by Gasteiger charge is -2.34. The molecule has 180 valence electrons. The second-order valence-corrected chi connectivity index (χ2v) is 9.52. The van der Waals surface area contributed by atoms with Gasteiger partial charge in [-0.2, -0.15) is 0 Å². The Morgan fingerprint density at radius 1 is 1.03 bits per heavy atom. The molecule has 34 heavy (non-hydrogen) atoms. The number of hydrogen-bond donors (Lipinski definition) is 1. The van der Waals surface area contributed by atoms with Crippen molar-refractivity contribution < 1.29 is 19.1 Å². The van der Waals surface area contributed by atoms with Gasteiger partial charge in [-0.05, 0) is 38.3 Å². The van der Waals surface area contributed by atoms with Gasteiger partial charge >= 0.3 is 6.09 Å². The van der Waals surface area contributed by atoms with Gasteiger partial charge in [-0.3, -0.25) is 14.5 Å². The van der Waals surface area contributed by atoms with E-state index in [1.807, 2.05) is 60.7 Å². The van der Waals surface area contributed by atoms with Crippen molar-refractivity contribution in [2.24, 2.45) is 0 Å². The van der Waals surface area contributed by atoms with Crippen LogP contribution in [0.5, 0.6) is 0 Å². The van der Waals surface area contributed by atoms with Gasteiger partial charge in [-0.1, -0.05) is 74.0 Å². The first kappa shape index (κ1) is 25.2. The molecule has 0 radical (unpaired) electrons. The van der Waals surface area contributed by atoms with Gasteiger partial charge in [0.25, 0.3) is 0 Å². The van der Waals surface area contributed by atoms with Gasteiger partial charge in [0, 0.05) is 25.0 Å². The molecule has 0 aromatic heterocycles. The average Bonchev–Trinajstić information content (AvgIpc) is 3.15. The predicted molar refractivity (Wildman–Crippen MR) is 133 cm³/mol. The molecule has 2 atom stereocenters. The van der Waals surface area contributed by atoms with E-state index in [4.69, 9.17) is 4.74 Å². The molecular formula is C28H34N2O4. The maximum absolute atomic E-state index is 13.4. The number of benzene rings is 2. The van der Waals surface area contributed by atoms with E-state index < -0.39 is 23.7 Å². The smallest absolute Gasteiger partial charge is 0.415 e. The molecule has 2 aromatic carbocycles. The van der Waals surface area contributed by atoms with Crippen molar-refractivity contribution in [2.75, 3.05) is 6.54 Å². The van der Waals surface area contributed by atoms with E-state index >= 15 is 0 Å². The molecule has 3 rings (SSSR count). The Balaban J connectivity index is 2.02. The minimum Gasteiger partial charge on any atom is -0.443 e. The quantitative estimate of drug-likeness (QED) is 0.540. The van der Waals surface area contributed by atoms with Gasteiger partial charge < -0.3 is 10.1 Å². The summed E-state index contributed by atoms with van der Waals surface area (Å²) in [6, 6.07) is 17.8. The molecular weight excluding hydrogens is 428 g/mol. The SMILES string of the molecule is CCCCNC(=O)C[C@H](c1ccccc1)C1C(=O)C=C(c2ccccc2)N1C(=O)OC(C)(C)C. The van der Waals surface area contributed by atoms with Crippen LogP contribution in [0.3, 0.4) is 0 Å². The Labute approximate surface area is 202 Å². The lowest BCUT2D eigenvalue weighted by molar-refractivity contribution is -0.122. The zero-order chi connectivity index (χ0) is 24.7. The summed E-state index contributed by atoms with van der Waals surface area (Å²) in [6.07, 6.45) is 2.83. The third-order valence-corrected chi connectivity index (χ3v) is 5.63. The summed E-state index contributed by atoms with van der Waals surface area (Å²) < 4.78 is 5.72. The fraction of sp³-hybridized carbons (Fsp3) is 0.393. The molecule has 0 saturated carbocycles. The number of rotatable bonds is 8. The number of amides is 2. The van der Waals surface area contributed by atoms with Crippen molar-refractivity contribution in [3.05, 3.63) is 77.9 Å². The second kappa shape index (κ2) is 11.1. The Kier molecular flexibility index (Phi) is 8.26. The number of nitrogens with one attached hydrogen (secondary N) is 1. The number of unbranched alkanes of at least 4 members (excludes halogenated alkanes) is 1. The molecule has 0 spiro atoms. The minimum absolute atomic E-state index is 0.0827. The Morgan fingerprint density at radius 2 is 1.65 bits per heavy atom. The molecule has 1 unspecified atom stereocenters. The van der Waals surface area contributed by atoms with E-state index in [1.165, 1.54) is 11.0 Å². The van der Waals surface area contributed by atoms with Crippen LogP contribution in [0.4, 0.5) is 4.79 Å². The highest BCUT2D eigenvalue weighted by Crippen LogP contribution is 2.38. The van der Waals surface area contributed by atoms with Crippen molar-refractivity contribution in [3.63, 3.8) is 0 Å². The number of nitrogens with zero attached hydrogens (tertiary/aromatic N) is 1. The summed E-state index contributed by atoms with van der Waals surface area (Å²) >= 11 is 0. The molecule has 6 nitrogen and oxygen atoms in total. The van der Waals surface area contributed by atoms with Gasteiger partial charge in [0.2, 0.25) is 5.91 Å². The van der Waals surface area contributed by atoms with Crippen LogP contribution in [0.25, 0.3) is 5.70 Å². The lowest BCUT2D eigenvalue weighted by Crippen LogP contribution is -2.46. The van der Waals surface area contributed by atoms with Gasteiger partial charge in [0.1, 0.15) is 11.6 Å². The standard InChI is InChI=1S/C28H34N2O4/c1-5-6-17-29-25(32)18-22(20-13-9-7-10-14-20)26-24(31)19-23(21-15-11-8-12-16-21)30(26)27(33)34-28(2,3)4/h7-16,19,22,26H,5-6,17-18H2,1-4H3,(H,29,32)/t22-,26?/m1/s1. The lowest BCUT2D eigenvalue weighted by atomic mass is 9.86. The third kappa shape index (κ3) is 6.34. The van der Waals surface area contributed by atoms with Crippen molar-refractivity contribution in [1.82, 2.24) is 10.2 Å². The fourth-order valence-electron chi connectivity index (χ4n) is 4.09. The van der Waals surface area contributed by atoms with Crippen LogP contribution < -0.4 is 5.32 Å². The molecule has 6 heteroatoms. The average molecular weight is 463 g/mol. The number of ether oxygens (including phenoxy) is 1. The van der Waals surface area contributed by atoms with Crippen molar-refractivity contribution in [2.45, 2.75) is 64.5 Å². The third-order valence-electron chi connectivity index (χ3n) is 5.63. The van der Waals surface area contributed by atoms with E-state index in [2.05, 4.69) is 12.2 Å². The van der Waals surface area contributed by atoms with Gasteiger partial charge in [-0.25, -0.2) is 4.79 Å². The minimum atomic E-state index is -0.885. The molecule has 1 aliphatic rings. The monoisotopic (exact) mass is 462 g/mol. The molecule has 0 fully saturated rings. The molecule has 0 aliphatic carbocycles. The summed E-state index contributed by atoms with van der Waals surface area (Å²) in [5.74, 6) is -0.896. The van der Waals surface area contributed by atoms with E-state index in [0.717, 1.165) is 24.0 Å². The van der Waals surface area contributed by atoms with E-state index in [9.17, 15) is 14.4 Å². The predicted octanol–water partition coefficient (Wildman–Crippen LogP) is 5.31. The summed E-state index contributed by atoms with van der Waals surface area (Å²) in [4.78, 5) is 41.2. The van der Waals surface area contributed by atoms with Crippen LogP contribution in [0.2, 0.25) is 0 Å². The summed E-state index contributed by atoms with van der Waals surface area (Å²) in [5, 5.41) is 2.95. The Morgan fingerprint density at radius 3 is 2.24 bits per heavy atom. The topological polar surface area (TPSA) is 75.7 Å². The van der Waals surface area contributed by atoms with Crippen molar-refractivity contribution >= 4 is 23.5 Å². The highest BCUT2D eigenvalue weighted by atomic mass is 16.6. The first-order valence-electron chi connectivity index (χ1n) is 11.9. The van der Waals surface area contributed by atoms with Crippen LogP contribution in [-0.4, -0.2) is 40.9 Å². The highest BCUT2D eigenvalue weighted by Gasteiger charge is 2.45. The first-order chi connectivity index (χ1) is 16.2. The van der Waals surface area contributed by atoms with Gasteiger partial charge in [-0.15, -0.1) is 0 Å². The molecule has 0 bridgehead atoms. The zero-order valence-corrected chi connectivity index (χ0v) is 20.4. The Hall–Kier alpha value is -3.41. The maximum Gasteiger partial charge on any atom is 0.415 e. The summed E-state index contributed by atoms with van der Waals surface area (Å²) in [6.45, 7) is 8.02. The van der Waals surface area contributed by atoms with Crippen LogP contribution in [0.15, 0.2) is 66.7 Å². The van der Waals surface area contributed by atoms with E-state index in [0.29, 0.717) is 12.2 Å². The highest BCUT2D eigenvalue weighted by molar-refractivity contribution is 6.09. The van der Waals surface area contributed by atoms with E-state index in [1.54, 1.807) is 20.8 Å². The van der Waals surface area contributed by atoms with Crippen LogP contribution in [0.1, 0.15) is 64.0 Å². The molecule has 2 aromatic rings. The summed E-state index contributed by atoms with van der Waals surface area (Å²) in [5.41, 5.74) is 1.30. The maximum atomic E-state index is 13.4. The van der Waals surface area contributed by atoms with E-state index in [-0.39, 0.29) is 18.1 Å².